The maximum Gasteiger partial charge on any atom is 1.00 e. The Morgan fingerprint density at radius 3 is 1.22 bits per heavy atom. The SMILES string of the molecule is O=[N+]([O-])[O-].OB(O)O.[Ag+]. The Balaban J connectivity index is -0.0000000720. The average molecular weight is 232 g/mol. The predicted octanol–water partition coefficient (Wildman–Crippen LogP) is -2.29. The summed E-state index contributed by atoms with van der Waals surface area (Å²) in [5.74, 6) is 0. The number of nitrogens with zero attached hydrogens (tertiary/aromatic N) is 1. The van der Waals surface area contributed by atoms with Gasteiger partial charge in [-0.15, -0.1) is 0 Å². The molecule has 0 aliphatic carbocycles. The fourth-order valence-electron chi connectivity index (χ4n) is 0. The van der Waals surface area contributed by atoms with Crippen LogP contribution in [0.2, 0.25) is 0 Å². The number of hydrogen-bond acceptors (Lipinski definition) is 6. The van der Waals surface area contributed by atoms with E-state index in [-0.39, 0.29) is 22.4 Å². The second-order valence-corrected chi connectivity index (χ2v) is 0.570. The molecule has 0 aliphatic rings. The van der Waals surface area contributed by atoms with E-state index >= 15 is 0 Å². The summed E-state index contributed by atoms with van der Waals surface area (Å²) >= 11 is 0. The topological polar surface area (TPSA) is 127 Å². The Labute approximate surface area is 65.7 Å². The van der Waals surface area contributed by atoms with Crippen molar-refractivity contribution in [1.29, 1.82) is 0 Å². The zero-order chi connectivity index (χ0) is 7.15. The van der Waals surface area contributed by atoms with Crippen LogP contribution in [-0.2, 0) is 22.4 Å². The molecule has 0 aromatic heterocycles. The standard InChI is InChI=1S/Ag.BH3O3.NO3/c;2*2-1(3)4/h;2-4H;/q+1;;-1. The van der Waals surface area contributed by atoms with Crippen molar-refractivity contribution in [2.45, 2.75) is 0 Å². The Hall–Kier alpha value is -0.115. The molecule has 9 heteroatoms. The normalized spacial score (nSPS) is 5.67. The van der Waals surface area contributed by atoms with Crippen LogP contribution in [0.15, 0.2) is 0 Å². The molecule has 0 aromatic rings. The summed E-state index contributed by atoms with van der Waals surface area (Å²) in [4.78, 5) is 8.25. The first-order valence-electron chi connectivity index (χ1n) is 1.32. The smallest absolute Gasteiger partial charge is 0.402 e. The molecule has 0 rings (SSSR count). The van der Waals surface area contributed by atoms with Gasteiger partial charge >= 0.3 is 29.7 Å². The first-order chi connectivity index (χ1) is 3.46. The minimum Gasteiger partial charge on any atom is -0.402 e. The molecule has 0 fully saturated rings. The molecule has 0 unspecified atom stereocenters. The van der Waals surface area contributed by atoms with Gasteiger partial charge in [-0.1, -0.05) is 0 Å². The molecule has 0 aliphatic heterocycles. The molecule has 9 heavy (non-hydrogen) atoms. The molecule has 0 aromatic carbocycles. The van der Waals surface area contributed by atoms with E-state index in [2.05, 4.69) is 0 Å². The summed E-state index contributed by atoms with van der Waals surface area (Å²) in [5, 5.41) is 36.2. The summed E-state index contributed by atoms with van der Waals surface area (Å²) in [6.45, 7) is 0. The zero-order valence-electron chi connectivity index (χ0n) is 3.89. The van der Waals surface area contributed by atoms with E-state index in [0.29, 0.717) is 0 Å². The van der Waals surface area contributed by atoms with Crippen LogP contribution in [0.1, 0.15) is 0 Å². The van der Waals surface area contributed by atoms with Crippen LogP contribution >= 0.6 is 0 Å². The molecule has 0 amide bonds. The van der Waals surface area contributed by atoms with E-state index in [1.165, 1.54) is 0 Å². The van der Waals surface area contributed by atoms with Crippen molar-refractivity contribution < 1.29 is 42.5 Å². The van der Waals surface area contributed by atoms with Crippen molar-refractivity contribution >= 4 is 7.32 Å². The van der Waals surface area contributed by atoms with E-state index < -0.39 is 12.4 Å². The Morgan fingerprint density at radius 2 is 1.22 bits per heavy atom. The van der Waals surface area contributed by atoms with Crippen molar-refractivity contribution in [1.82, 2.24) is 0 Å². The van der Waals surface area contributed by atoms with E-state index in [1.807, 2.05) is 0 Å². The van der Waals surface area contributed by atoms with Gasteiger partial charge in [-0.25, -0.2) is 0 Å². The second-order valence-electron chi connectivity index (χ2n) is 0.570. The van der Waals surface area contributed by atoms with Gasteiger partial charge in [0, 0.05) is 0 Å². The fourth-order valence-corrected chi connectivity index (χ4v) is 0. The average Bonchev–Trinajstić information content (AvgIpc) is 1.25. The minimum absolute atomic E-state index is 0. The molecule has 58 valence electrons. The van der Waals surface area contributed by atoms with Crippen LogP contribution in [0.4, 0.5) is 0 Å². The quantitative estimate of drug-likeness (QED) is 0.245. The van der Waals surface area contributed by atoms with E-state index in [0.717, 1.165) is 0 Å². The third-order valence-electron chi connectivity index (χ3n) is 0. The van der Waals surface area contributed by atoms with Crippen LogP contribution in [-0.4, -0.2) is 27.5 Å². The molecule has 0 bridgehead atoms. The van der Waals surface area contributed by atoms with Crippen LogP contribution in [0.25, 0.3) is 0 Å². The van der Waals surface area contributed by atoms with E-state index in [4.69, 9.17) is 30.4 Å². The predicted molar refractivity (Wildman–Crippen MR) is 22.8 cm³/mol. The van der Waals surface area contributed by atoms with Crippen molar-refractivity contribution in [3.8, 4) is 0 Å². The Kier molecular flexibility index (Phi) is 19.1. The summed E-state index contributed by atoms with van der Waals surface area (Å²) in [5.41, 5.74) is 0. The molecule has 0 saturated heterocycles. The van der Waals surface area contributed by atoms with Crippen molar-refractivity contribution in [2.24, 2.45) is 0 Å². The van der Waals surface area contributed by atoms with Crippen LogP contribution in [0, 0.1) is 15.3 Å². The monoisotopic (exact) mass is 231 g/mol. The molecule has 0 spiro atoms. The molecule has 7 nitrogen and oxygen atoms in total. The molecule has 0 heterocycles. The third-order valence-corrected chi connectivity index (χ3v) is 0. The van der Waals surface area contributed by atoms with Gasteiger partial charge in [-0.2, -0.15) is 0 Å². The van der Waals surface area contributed by atoms with Gasteiger partial charge in [0.2, 0.25) is 0 Å². The van der Waals surface area contributed by atoms with Crippen molar-refractivity contribution in [3.63, 3.8) is 0 Å². The fraction of sp³-hybridized carbons (Fsp3) is 0. The van der Waals surface area contributed by atoms with Crippen LogP contribution in [0.3, 0.4) is 0 Å². The maximum atomic E-state index is 8.25. The molecular weight excluding hydrogens is 229 g/mol. The van der Waals surface area contributed by atoms with Gasteiger partial charge in [-0.05, 0) is 0 Å². The van der Waals surface area contributed by atoms with Gasteiger partial charge in [0.25, 0.3) is 0 Å². The zero-order valence-corrected chi connectivity index (χ0v) is 5.37. The van der Waals surface area contributed by atoms with E-state index in [9.17, 15) is 0 Å². The van der Waals surface area contributed by atoms with Crippen molar-refractivity contribution in [3.05, 3.63) is 15.3 Å². The summed E-state index contributed by atoms with van der Waals surface area (Å²) < 4.78 is 0. The second kappa shape index (κ2) is 10.8. The third kappa shape index (κ3) is 20700. The minimum atomic E-state index is -2.17. The first kappa shape index (κ1) is 16.0. The first-order valence-corrected chi connectivity index (χ1v) is 1.32. The largest absolute Gasteiger partial charge is 1.00 e. The molecule has 3 N–H and O–H groups in total. The summed E-state index contributed by atoms with van der Waals surface area (Å²) in [6, 6.07) is 0. The van der Waals surface area contributed by atoms with Gasteiger partial charge in [0.05, 0.1) is 5.09 Å². The Morgan fingerprint density at radius 1 is 1.22 bits per heavy atom. The molecule has 0 atom stereocenters. The Bertz CT molecular complexity index is 57.3. The van der Waals surface area contributed by atoms with Crippen molar-refractivity contribution in [2.75, 3.05) is 0 Å². The van der Waals surface area contributed by atoms with Gasteiger partial charge < -0.3 is 30.4 Å². The van der Waals surface area contributed by atoms with Gasteiger partial charge in [0.1, 0.15) is 0 Å². The van der Waals surface area contributed by atoms with Gasteiger partial charge in [-0.3, -0.25) is 0 Å². The van der Waals surface area contributed by atoms with Crippen LogP contribution < -0.4 is 0 Å². The van der Waals surface area contributed by atoms with Gasteiger partial charge in [0.15, 0.2) is 0 Å². The molecule has 0 saturated carbocycles. The van der Waals surface area contributed by atoms with E-state index in [1.54, 1.807) is 0 Å². The number of hydrogen-bond donors (Lipinski definition) is 3. The van der Waals surface area contributed by atoms with Crippen LogP contribution in [0.5, 0.6) is 0 Å². The maximum absolute atomic E-state index is 8.25. The summed E-state index contributed by atoms with van der Waals surface area (Å²) in [6.07, 6.45) is 0. The molecule has 0 radical (unpaired) electrons. The summed E-state index contributed by atoms with van der Waals surface area (Å²) in [7, 11) is -2.17. The number of rotatable bonds is 0. The molecular formula is H3AgBNO6.